The van der Waals surface area contributed by atoms with Gasteiger partial charge in [0.1, 0.15) is 12.2 Å². The lowest BCUT2D eigenvalue weighted by atomic mass is 10.3. The van der Waals surface area contributed by atoms with Crippen molar-refractivity contribution in [1.82, 2.24) is 0 Å². The first kappa shape index (κ1) is 21.9. The maximum Gasteiger partial charge on any atom is 0.573 e. The van der Waals surface area contributed by atoms with Gasteiger partial charge < -0.3 is 9.26 Å². The van der Waals surface area contributed by atoms with Crippen LogP contribution in [0.4, 0.5) is 17.6 Å². The molecule has 1 unspecified atom stereocenters. The molecule has 1 aromatic rings. The Morgan fingerprint density at radius 1 is 1.24 bits per heavy atom. The summed E-state index contributed by atoms with van der Waals surface area (Å²) >= 11 is 0. The molecule has 0 amide bonds. The largest absolute Gasteiger partial charge is 0.573 e. The predicted octanol–water partition coefficient (Wildman–Crippen LogP) is 4.11. The van der Waals surface area contributed by atoms with E-state index >= 15 is 0 Å². The molecule has 0 aromatic heterocycles. The summed E-state index contributed by atoms with van der Waals surface area (Å²) in [5, 5.41) is 0. The Hall–Kier alpha value is -1.16. The molecule has 0 saturated carbocycles. The van der Waals surface area contributed by atoms with Crippen LogP contribution in [0.2, 0.25) is 0 Å². The molecule has 0 saturated heterocycles. The van der Waals surface area contributed by atoms with Crippen molar-refractivity contribution >= 4 is 17.5 Å². The smallest absolute Gasteiger partial charge is 0.404 e. The van der Waals surface area contributed by atoms with E-state index in [0.717, 1.165) is 6.07 Å². The van der Waals surface area contributed by atoms with Crippen LogP contribution in [-0.2, 0) is 23.4 Å². The summed E-state index contributed by atoms with van der Waals surface area (Å²) in [6.45, 7) is 4.58. The highest BCUT2D eigenvalue weighted by atomic mass is 32.2. The molecule has 0 radical (unpaired) electrons. The number of ether oxygens (including phenoxy) is 1. The average molecular weight is 408 g/mol. The van der Waals surface area contributed by atoms with E-state index in [1.165, 1.54) is 6.92 Å². The third-order valence-corrected chi connectivity index (χ3v) is 6.49. The van der Waals surface area contributed by atoms with Crippen LogP contribution < -0.4 is 4.74 Å². The maximum atomic E-state index is 13.8. The molecule has 1 aromatic carbocycles. The van der Waals surface area contributed by atoms with Gasteiger partial charge in [0.25, 0.3) is 0 Å². The van der Waals surface area contributed by atoms with Gasteiger partial charge in [-0.3, -0.25) is 8.75 Å². The summed E-state index contributed by atoms with van der Waals surface area (Å²) in [6.07, 6.45) is -6.76. The molecule has 0 aliphatic carbocycles. The number of hydrogen-bond acceptors (Lipinski definition) is 6. The van der Waals surface area contributed by atoms with Crippen LogP contribution in [0.3, 0.4) is 0 Å². The van der Waals surface area contributed by atoms with E-state index in [2.05, 4.69) is 8.92 Å². The molecular weight excluding hydrogens is 391 g/mol. The minimum Gasteiger partial charge on any atom is -0.404 e. The zero-order valence-corrected chi connectivity index (χ0v) is 15.3. The van der Waals surface area contributed by atoms with Crippen LogP contribution in [0.15, 0.2) is 23.1 Å². The summed E-state index contributed by atoms with van der Waals surface area (Å²) in [5.41, 5.74) is 0. The SMILES string of the molecule is CCP(=O)(COS(=O)(=O)c1c(F)cccc1OC(F)(F)F)OC(C)C. The molecule has 0 aliphatic heterocycles. The van der Waals surface area contributed by atoms with Crippen LogP contribution in [0, 0.1) is 5.82 Å². The second kappa shape index (κ2) is 8.03. The molecular formula is C13H17F4O6PS. The lowest BCUT2D eigenvalue weighted by Crippen LogP contribution is -2.20. The molecule has 0 heterocycles. The van der Waals surface area contributed by atoms with Gasteiger partial charge >= 0.3 is 16.5 Å². The molecule has 0 fully saturated rings. The summed E-state index contributed by atoms with van der Waals surface area (Å²) < 4.78 is 101. The van der Waals surface area contributed by atoms with Crippen LogP contribution >= 0.6 is 7.37 Å². The van der Waals surface area contributed by atoms with Crippen molar-refractivity contribution in [2.45, 2.75) is 38.1 Å². The predicted molar refractivity (Wildman–Crippen MR) is 80.6 cm³/mol. The van der Waals surface area contributed by atoms with E-state index in [9.17, 15) is 30.5 Å². The molecule has 12 heteroatoms. The standard InChI is InChI=1S/C13H17F4O6PS/c1-4-24(18,23-9(2)3)8-21-25(19,20)12-10(14)6-5-7-11(12)22-13(15,16)17/h5-7,9H,4,8H2,1-3H3. The van der Waals surface area contributed by atoms with Gasteiger partial charge in [-0.25, -0.2) is 4.39 Å². The molecule has 144 valence electrons. The summed E-state index contributed by atoms with van der Waals surface area (Å²) in [5.74, 6) is -2.79. The minimum absolute atomic E-state index is 0.0795. The Bertz CT molecular complexity index is 747. The van der Waals surface area contributed by atoms with Gasteiger partial charge in [-0.15, -0.1) is 13.2 Å². The Balaban J connectivity index is 3.16. The van der Waals surface area contributed by atoms with Crippen molar-refractivity contribution in [1.29, 1.82) is 0 Å². The van der Waals surface area contributed by atoms with Gasteiger partial charge in [0.15, 0.2) is 10.6 Å². The van der Waals surface area contributed by atoms with E-state index in [1.54, 1.807) is 13.8 Å². The quantitative estimate of drug-likeness (QED) is 0.366. The fourth-order valence-electron chi connectivity index (χ4n) is 1.73. The average Bonchev–Trinajstić information content (AvgIpc) is 2.42. The van der Waals surface area contributed by atoms with E-state index in [4.69, 9.17) is 4.52 Å². The Kier molecular flexibility index (Phi) is 7.03. The minimum atomic E-state index is -5.24. The highest BCUT2D eigenvalue weighted by Gasteiger charge is 2.37. The number of rotatable bonds is 8. The highest BCUT2D eigenvalue weighted by molar-refractivity contribution is 7.87. The van der Waals surface area contributed by atoms with Gasteiger partial charge in [0, 0.05) is 6.16 Å². The van der Waals surface area contributed by atoms with E-state index in [-0.39, 0.29) is 6.16 Å². The van der Waals surface area contributed by atoms with E-state index < -0.39 is 52.8 Å². The summed E-state index contributed by atoms with van der Waals surface area (Å²) in [7, 11) is -8.56. The fourth-order valence-corrected chi connectivity index (χ4v) is 4.87. The van der Waals surface area contributed by atoms with Crippen molar-refractivity contribution in [3.05, 3.63) is 24.0 Å². The summed E-state index contributed by atoms with van der Waals surface area (Å²) in [4.78, 5) is -1.43. The van der Waals surface area contributed by atoms with Crippen LogP contribution in [0.25, 0.3) is 0 Å². The molecule has 6 nitrogen and oxygen atoms in total. The van der Waals surface area contributed by atoms with Crippen molar-refractivity contribution in [2.24, 2.45) is 0 Å². The molecule has 0 bridgehead atoms. The van der Waals surface area contributed by atoms with Crippen molar-refractivity contribution in [2.75, 3.05) is 12.5 Å². The monoisotopic (exact) mass is 408 g/mol. The molecule has 1 atom stereocenters. The first-order valence-electron chi connectivity index (χ1n) is 7.00. The first-order valence-corrected chi connectivity index (χ1v) is 10.4. The lowest BCUT2D eigenvalue weighted by Gasteiger charge is -2.20. The Morgan fingerprint density at radius 3 is 2.32 bits per heavy atom. The van der Waals surface area contributed by atoms with Crippen LogP contribution in [-0.4, -0.2) is 33.4 Å². The van der Waals surface area contributed by atoms with Gasteiger partial charge in [0.2, 0.25) is 7.37 Å². The van der Waals surface area contributed by atoms with Gasteiger partial charge in [-0.1, -0.05) is 13.0 Å². The highest BCUT2D eigenvalue weighted by Crippen LogP contribution is 2.48. The third kappa shape index (κ3) is 6.58. The van der Waals surface area contributed by atoms with Crippen LogP contribution in [0.1, 0.15) is 20.8 Å². The molecule has 1 rings (SSSR count). The second-order valence-electron chi connectivity index (χ2n) is 5.10. The molecule has 0 N–H and O–H groups in total. The zero-order valence-electron chi connectivity index (χ0n) is 13.5. The number of alkyl halides is 3. The van der Waals surface area contributed by atoms with E-state index in [1.807, 2.05) is 0 Å². The van der Waals surface area contributed by atoms with Gasteiger partial charge in [0.05, 0.1) is 6.10 Å². The number of halogens is 4. The molecule has 0 spiro atoms. The Labute approximate surface area is 142 Å². The fraction of sp³-hybridized carbons (Fsp3) is 0.538. The summed E-state index contributed by atoms with van der Waals surface area (Å²) in [6, 6.07) is 2.09. The van der Waals surface area contributed by atoms with Crippen molar-refractivity contribution in [3.8, 4) is 5.75 Å². The number of benzene rings is 1. The first-order chi connectivity index (χ1) is 11.3. The number of hydrogen-bond donors (Lipinski definition) is 0. The topological polar surface area (TPSA) is 78.9 Å². The van der Waals surface area contributed by atoms with Crippen molar-refractivity contribution in [3.63, 3.8) is 0 Å². The third-order valence-electron chi connectivity index (χ3n) is 2.70. The maximum absolute atomic E-state index is 13.8. The molecule has 25 heavy (non-hydrogen) atoms. The van der Waals surface area contributed by atoms with Crippen molar-refractivity contribution < 1.29 is 44.0 Å². The van der Waals surface area contributed by atoms with Gasteiger partial charge in [-0.2, -0.15) is 8.42 Å². The van der Waals surface area contributed by atoms with Crippen LogP contribution in [0.5, 0.6) is 5.75 Å². The Morgan fingerprint density at radius 2 is 1.84 bits per heavy atom. The molecule has 0 aliphatic rings. The lowest BCUT2D eigenvalue weighted by molar-refractivity contribution is -0.275. The normalized spacial score (nSPS) is 15.2. The zero-order chi connectivity index (χ0) is 19.5. The van der Waals surface area contributed by atoms with Gasteiger partial charge in [-0.05, 0) is 26.0 Å². The van der Waals surface area contributed by atoms with E-state index in [0.29, 0.717) is 12.1 Å². The second-order valence-corrected chi connectivity index (χ2v) is 9.38.